The first-order valence-electron chi connectivity index (χ1n) is 8.95. The Morgan fingerprint density at radius 2 is 2.00 bits per heavy atom. The maximum atomic E-state index is 12.7. The molecule has 1 heterocycles. The van der Waals surface area contributed by atoms with Gasteiger partial charge in [0.1, 0.15) is 0 Å². The highest BCUT2D eigenvalue weighted by Crippen LogP contribution is 2.39. The van der Waals surface area contributed by atoms with E-state index in [4.69, 9.17) is 17.3 Å². The van der Waals surface area contributed by atoms with Crippen LogP contribution in [0.2, 0.25) is 5.02 Å². The second-order valence-corrected chi connectivity index (χ2v) is 7.82. The summed E-state index contributed by atoms with van der Waals surface area (Å²) in [5.74, 6) is -0.769. The van der Waals surface area contributed by atoms with Crippen LogP contribution in [0.15, 0.2) is 18.2 Å². The van der Waals surface area contributed by atoms with E-state index in [1.807, 2.05) is 13.8 Å². The number of nitrogens with two attached hydrogens (primary N) is 1. The number of amides is 3. The van der Waals surface area contributed by atoms with E-state index < -0.39 is 6.04 Å². The fraction of sp³-hybridized carbons (Fsp3) is 0.526. The molecule has 1 unspecified atom stereocenters. The fourth-order valence-electron chi connectivity index (χ4n) is 3.00. The Morgan fingerprint density at radius 1 is 1.33 bits per heavy atom. The maximum absolute atomic E-state index is 12.7. The molecular formula is C19H27ClN4O3. The van der Waals surface area contributed by atoms with Crippen LogP contribution in [-0.4, -0.2) is 55.8 Å². The van der Waals surface area contributed by atoms with Gasteiger partial charge in [-0.25, -0.2) is 0 Å². The number of fused-ring (bicyclic) bond motifs is 1. The first kappa shape index (κ1) is 21.2. The molecule has 0 saturated carbocycles. The van der Waals surface area contributed by atoms with Crippen molar-refractivity contribution in [2.45, 2.75) is 32.2 Å². The second kappa shape index (κ2) is 8.71. The molecule has 0 aromatic heterocycles. The number of carbonyl (C=O) groups is 3. The Labute approximate surface area is 164 Å². The van der Waals surface area contributed by atoms with Crippen molar-refractivity contribution in [1.29, 1.82) is 0 Å². The Kier molecular flexibility index (Phi) is 6.84. The molecule has 27 heavy (non-hydrogen) atoms. The van der Waals surface area contributed by atoms with Gasteiger partial charge in [-0.15, -0.1) is 0 Å². The molecule has 2 rings (SSSR count). The van der Waals surface area contributed by atoms with Gasteiger partial charge in [0.25, 0.3) is 0 Å². The molecule has 1 aliphatic rings. The summed E-state index contributed by atoms with van der Waals surface area (Å²) in [6.45, 7) is 3.92. The molecule has 148 valence electrons. The van der Waals surface area contributed by atoms with Crippen LogP contribution in [-0.2, 0) is 14.4 Å². The summed E-state index contributed by atoms with van der Waals surface area (Å²) in [6, 6.07) is 4.62. The Hall–Kier alpha value is -2.12. The smallest absolute Gasteiger partial charge is 0.246 e. The molecule has 3 N–H and O–H groups in total. The molecule has 1 aliphatic heterocycles. The predicted molar refractivity (Wildman–Crippen MR) is 106 cm³/mol. The van der Waals surface area contributed by atoms with Crippen LogP contribution in [0, 0.1) is 5.92 Å². The molecule has 2 atom stereocenters. The Balaban J connectivity index is 2.12. The van der Waals surface area contributed by atoms with Crippen molar-refractivity contribution in [2.24, 2.45) is 11.7 Å². The average molecular weight is 395 g/mol. The third kappa shape index (κ3) is 4.99. The number of nitrogens with one attached hydrogen (secondary N) is 1. The molecule has 0 radical (unpaired) electrons. The zero-order valence-electron chi connectivity index (χ0n) is 16.2. The molecule has 0 saturated heterocycles. The summed E-state index contributed by atoms with van der Waals surface area (Å²) in [6.07, 6.45) is 0.286. The number of anilines is 1. The number of halogens is 1. The van der Waals surface area contributed by atoms with E-state index in [0.29, 0.717) is 11.6 Å². The quantitative estimate of drug-likeness (QED) is 0.761. The molecule has 1 aromatic rings. The summed E-state index contributed by atoms with van der Waals surface area (Å²) >= 11 is 6.11. The second-order valence-electron chi connectivity index (χ2n) is 7.38. The van der Waals surface area contributed by atoms with Crippen molar-refractivity contribution < 1.29 is 14.4 Å². The minimum absolute atomic E-state index is 0.0172. The third-order valence-corrected chi connectivity index (χ3v) is 5.01. The maximum Gasteiger partial charge on any atom is 0.246 e. The van der Waals surface area contributed by atoms with Gasteiger partial charge in [0.05, 0.1) is 12.6 Å². The van der Waals surface area contributed by atoms with Crippen molar-refractivity contribution in [3.63, 3.8) is 0 Å². The highest BCUT2D eigenvalue weighted by Gasteiger charge is 2.34. The van der Waals surface area contributed by atoms with Gasteiger partial charge in [-0.05, 0) is 29.7 Å². The van der Waals surface area contributed by atoms with Crippen LogP contribution >= 0.6 is 11.6 Å². The molecule has 0 bridgehead atoms. The molecule has 8 heteroatoms. The molecular weight excluding hydrogens is 368 g/mol. The molecule has 0 spiro atoms. The van der Waals surface area contributed by atoms with Crippen LogP contribution in [0.5, 0.6) is 0 Å². The van der Waals surface area contributed by atoms with Crippen molar-refractivity contribution in [3.8, 4) is 0 Å². The van der Waals surface area contributed by atoms with Crippen LogP contribution in [0.1, 0.15) is 31.7 Å². The number of rotatable bonds is 6. The van der Waals surface area contributed by atoms with Crippen LogP contribution in [0.4, 0.5) is 5.69 Å². The van der Waals surface area contributed by atoms with Gasteiger partial charge >= 0.3 is 0 Å². The monoisotopic (exact) mass is 394 g/mol. The molecule has 1 aromatic carbocycles. The largest absolute Gasteiger partial charge is 0.349 e. The standard InChI is InChI=1S/C19H27ClN4O3/c1-11(2)18(21)19(27)22-9-17(26)24-10-12(7-16(25)23(3)4)14-8-13(20)5-6-15(14)24/h5-6,8,11-12,18H,7,9-10,21H2,1-4H3,(H,22,27)/t12?,18-/m0/s1. The number of hydrogen-bond acceptors (Lipinski definition) is 4. The van der Waals surface area contributed by atoms with E-state index in [9.17, 15) is 14.4 Å². The molecule has 3 amide bonds. The van der Waals surface area contributed by atoms with E-state index in [1.54, 1.807) is 37.2 Å². The van der Waals surface area contributed by atoms with Crippen molar-refractivity contribution in [2.75, 3.05) is 32.1 Å². The van der Waals surface area contributed by atoms with Gasteiger partial charge in [-0.2, -0.15) is 0 Å². The lowest BCUT2D eigenvalue weighted by Crippen LogP contribution is -2.47. The fourth-order valence-corrected chi connectivity index (χ4v) is 3.18. The number of nitrogens with zero attached hydrogens (tertiary/aromatic N) is 2. The number of hydrogen-bond donors (Lipinski definition) is 2. The third-order valence-electron chi connectivity index (χ3n) is 4.78. The number of benzene rings is 1. The summed E-state index contributed by atoms with van der Waals surface area (Å²) in [5, 5.41) is 3.16. The molecule has 0 fully saturated rings. The van der Waals surface area contributed by atoms with Gasteiger partial charge < -0.3 is 20.9 Å². The lowest BCUT2D eigenvalue weighted by molar-refractivity contribution is -0.129. The van der Waals surface area contributed by atoms with Gasteiger partial charge in [-0.1, -0.05) is 25.4 Å². The van der Waals surface area contributed by atoms with E-state index in [0.717, 1.165) is 11.3 Å². The lowest BCUT2D eigenvalue weighted by Gasteiger charge is -2.20. The van der Waals surface area contributed by atoms with Gasteiger partial charge in [0, 0.05) is 43.7 Å². The van der Waals surface area contributed by atoms with E-state index in [-0.39, 0.29) is 42.5 Å². The van der Waals surface area contributed by atoms with Gasteiger partial charge in [0.2, 0.25) is 17.7 Å². The normalized spacial score (nSPS) is 16.9. The van der Waals surface area contributed by atoms with E-state index >= 15 is 0 Å². The SMILES string of the molecule is CC(C)[C@H](N)C(=O)NCC(=O)N1CC(CC(=O)N(C)C)c2cc(Cl)ccc21. The van der Waals surface area contributed by atoms with Crippen molar-refractivity contribution in [1.82, 2.24) is 10.2 Å². The van der Waals surface area contributed by atoms with E-state index in [2.05, 4.69) is 5.32 Å². The summed E-state index contributed by atoms with van der Waals surface area (Å²) < 4.78 is 0. The first-order valence-corrected chi connectivity index (χ1v) is 9.32. The van der Waals surface area contributed by atoms with Crippen molar-refractivity contribution >= 4 is 35.0 Å². The van der Waals surface area contributed by atoms with Gasteiger partial charge in [-0.3, -0.25) is 14.4 Å². The van der Waals surface area contributed by atoms with Crippen LogP contribution in [0.25, 0.3) is 0 Å². The highest BCUT2D eigenvalue weighted by atomic mass is 35.5. The summed E-state index contributed by atoms with van der Waals surface area (Å²) in [4.78, 5) is 40.0. The zero-order valence-corrected chi connectivity index (χ0v) is 16.9. The minimum atomic E-state index is -0.659. The molecule has 0 aliphatic carbocycles. The first-order chi connectivity index (χ1) is 12.6. The predicted octanol–water partition coefficient (Wildman–Crippen LogP) is 1.35. The Morgan fingerprint density at radius 3 is 2.59 bits per heavy atom. The minimum Gasteiger partial charge on any atom is -0.349 e. The van der Waals surface area contributed by atoms with Gasteiger partial charge in [0.15, 0.2) is 0 Å². The topological polar surface area (TPSA) is 95.7 Å². The zero-order chi connectivity index (χ0) is 20.3. The van der Waals surface area contributed by atoms with Crippen molar-refractivity contribution in [3.05, 3.63) is 28.8 Å². The number of carbonyl (C=O) groups excluding carboxylic acids is 3. The average Bonchev–Trinajstić information content (AvgIpc) is 2.96. The van der Waals surface area contributed by atoms with Crippen LogP contribution < -0.4 is 16.0 Å². The van der Waals surface area contributed by atoms with E-state index in [1.165, 1.54) is 4.90 Å². The lowest BCUT2D eigenvalue weighted by atomic mass is 9.97. The summed E-state index contributed by atoms with van der Waals surface area (Å²) in [7, 11) is 3.40. The Bertz CT molecular complexity index is 736. The van der Waals surface area contributed by atoms with Crippen LogP contribution in [0.3, 0.4) is 0 Å². The summed E-state index contributed by atoms with van der Waals surface area (Å²) in [5.41, 5.74) is 7.40. The highest BCUT2D eigenvalue weighted by molar-refractivity contribution is 6.30. The molecule has 7 nitrogen and oxygen atoms in total.